The molecule has 0 aliphatic carbocycles. The summed E-state index contributed by atoms with van der Waals surface area (Å²) in [6.07, 6.45) is 0.937. The third-order valence-corrected chi connectivity index (χ3v) is 3.04. The number of carbonyl (C=O) groups excluding carboxylic acids is 1. The lowest BCUT2D eigenvalue weighted by molar-refractivity contribution is -0.112. The average molecular weight is 329 g/mol. The molecular formula is C17H13F2N3O2. The van der Waals surface area contributed by atoms with Gasteiger partial charge in [0.2, 0.25) is 0 Å². The number of ether oxygens (including phenoxy) is 1. The minimum Gasteiger partial charge on any atom is -0.495 e. The lowest BCUT2D eigenvalue weighted by atomic mass is 10.2. The van der Waals surface area contributed by atoms with E-state index in [-0.39, 0.29) is 5.57 Å². The number of nitrogens with zero attached hydrogens (tertiary/aromatic N) is 1. The van der Waals surface area contributed by atoms with Crippen LogP contribution in [0.2, 0.25) is 0 Å². The van der Waals surface area contributed by atoms with E-state index in [9.17, 15) is 13.6 Å². The fourth-order valence-corrected chi connectivity index (χ4v) is 1.87. The molecule has 0 aliphatic rings. The van der Waals surface area contributed by atoms with Gasteiger partial charge in [-0.2, -0.15) is 5.26 Å². The van der Waals surface area contributed by atoms with E-state index in [1.165, 1.54) is 13.2 Å². The molecule has 0 aliphatic heterocycles. The molecule has 0 atom stereocenters. The molecule has 0 radical (unpaired) electrons. The van der Waals surface area contributed by atoms with Crippen LogP contribution in [0.4, 0.5) is 20.2 Å². The van der Waals surface area contributed by atoms with E-state index >= 15 is 0 Å². The minimum absolute atomic E-state index is 0.358. The lowest BCUT2D eigenvalue weighted by Crippen LogP contribution is -2.15. The van der Waals surface area contributed by atoms with Gasteiger partial charge in [0.15, 0.2) is 0 Å². The average Bonchev–Trinajstić information content (AvgIpc) is 2.58. The van der Waals surface area contributed by atoms with E-state index in [1.807, 2.05) is 0 Å². The van der Waals surface area contributed by atoms with Crippen LogP contribution in [0.1, 0.15) is 0 Å². The summed E-state index contributed by atoms with van der Waals surface area (Å²) in [6, 6.07) is 11.6. The molecule has 2 aromatic carbocycles. The van der Waals surface area contributed by atoms with Gasteiger partial charge in [-0.25, -0.2) is 8.78 Å². The molecule has 2 rings (SSSR count). The maximum absolute atomic E-state index is 13.5. The molecule has 0 heterocycles. The van der Waals surface area contributed by atoms with Gasteiger partial charge in [0, 0.05) is 6.20 Å². The molecule has 0 spiro atoms. The van der Waals surface area contributed by atoms with Crippen molar-refractivity contribution in [2.75, 3.05) is 17.7 Å². The Hall–Kier alpha value is -3.40. The number of anilines is 2. The summed E-state index contributed by atoms with van der Waals surface area (Å²) >= 11 is 0. The monoisotopic (exact) mass is 329 g/mol. The fraction of sp³-hybridized carbons (Fsp3) is 0.0588. The van der Waals surface area contributed by atoms with Crippen LogP contribution in [0.3, 0.4) is 0 Å². The van der Waals surface area contributed by atoms with Gasteiger partial charge in [-0.15, -0.1) is 0 Å². The van der Waals surface area contributed by atoms with E-state index in [1.54, 1.807) is 30.3 Å². The number of methoxy groups -OCH3 is 1. The Kier molecular flexibility index (Phi) is 5.47. The zero-order chi connectivity index (χ0) is 17.5. The maximum atomic E-state index is 13.5. The molecule has 1 amide bonds. The van der Waals surface area contributed by atoms with Crippen molar-refractivity contribution >= 4 is 17.3 Å². The van der Waals surface area contributed by atoms with E-state index in [2.05, 4.69) is 10.6 Å². The Morgan fingerprint density at radius 2 is 1.83 bits per heavy atom. The largest absolute Gasteiger partial charge is 0.495 e. The highest BCUT2D eigenvalue weighted by Gasteiger charge is 2.13. The summed E-state index contributed by atoms with van der Waals surface area (Å²) in [5.41, 5.74) is -0.442. The highest BCUT2D eigenvalue weighted by Crippen LogP contribution is 2.23. The van der Waals surface area contributed by atoms with Crippen LogP contribution in [-0.2, 0) is 4.79 Å². The molecular weight excluding hydrogens is 316 g/mol. The van der Waals surface area contributed by atoms with Gasteiger partial charge >= 0.3 is 0 Å². The molecule has 0 fully saturated rings. The quantitative estimate of drug-likeness (QED) is 0.651. The first-order valence-electron chi connectivity index (χ1n) is 6.82. The van der Waals surface area contributed by atoms with E-state index in [4.69, 9.17) is 10.00 Å². The summed E-state index contributed by atoms with van der Waals surface area (Å²) in [4.78, 5) is 12.1. The molecule has 0 bridgehead atoms. The van der Waals surface area contributed by atoms with Crippen LogP contribution in [-0.4, -0.2) is 13.0 Å². The van der Waals surface area contributed by atoms with Gasteiger partial charge < -0.3 is 15.4 Å². The predicted molar refractivity (Wildman–Crippen MR) is 85.3 cm³/mol. The molecule has 5 nitrogen and oxygen atoms in total. The summed E-state index contributed by atoms with van der Waals surface area (Å²) < 4.78 is 32.1. The summed E-state index contributed by atoms with van der Waals surface area (Å²) in [5.74, 6) is -2.01. The molecule has 0 aromatic heterocycles. The van der Waals surface area contributed by atoms with Gasteiger partial charge in [-0.05, 0) is 24.3 Å². The number of nitrogens with one attached hydrogen (secondary N) is 2. The van der Waals surface area contributed by atoms with Crippen molar-refractivity contribution in [3.63, 3.8) is 0 Å². The highest BCUT2D eigenvalue weighted by molar-refractivity contribution is 6.07. The first kappa shape index (κ1) is 17.0. The number of nitriles is 1. The first-order valence-corrected chi connectivity index (χ1v) is 6.82. The van der Waals surface area contributed by atoms with Crippen molar-refractivity contribution in [2.24, 2.45) is 0 Å². The maximum Gasteiger partial charge on any atom is 0.267 e. The molecule has 0 saturated heterocycles. The number of carbonyl (C=O) groups is 1. The Morgan fingerprint density at radius 1 is 1.17 bits per heavy atom. The van der Waals surface area contributed by atoms with Crippen molar-refractivity contribution in [3.8, 4) is 11.8 Å². The van der Waals surface area contributed by atoms with Crippen LogP contribution >= 0.6 is 0 Å². The second-order valence-corrected chi connectivity index (χ2v) is 4.57. The van der Waals surface area contributed by atoms with Gasteiger partial charge in [-0.3, -0.25) is 4.79 Å². The third kappa shape index (κ3) is 3.87. The number of amides is 1. The summed E-state index contributed by atoms with van der Waals surface area (Å²) in [5, 5.41) is 13.9. The Morgan fingerprint density at radius 3 is 2.46 bits per heavy atom. The Bertz CT molecular complexity index is 809. The number of hydrogen-bond acceptors (Lipinski definition) is 4. The van der Waals surface area contributed by atoms with Crippen molar-refractivity contribution < 1.29 is 18.3 Å². The van der Waals surface area contributed by atoms with E-state index in [0.29, 0.717) is 11.4 Å². The first-order chi connectivity index (χ1) is 11.6. The van der Waals surface area contributed by atoms with Gasteiger partial charge in [0.25, 0.3) is 5.91 Å². The number of benzene rings is 2. The van der Waals surface area contributed by atoms with Crippen LogP contribution in [0.5, 0.6) is 5.75 Å². The Balaban J connectivity index is 2.19. The van der Waals surface area contributed by atoms with Crippen LogP contribution in [0.15, 0.2) is 54.2 Å². The SMILES string of the molecule is COc1ccccc1NC(=O)/C(C#N)=C\Nc1c(F)cccc1F. The van der Waals surface area contributed by atoms with Gasteiger partial charge in [-0.1, -0.05) is 18.2 Å². The van der Waals surface area contributed by atoms with Crippen LogP contribution in [0.25, 0.3) is 0 Å². The number of rotatable bonds is 5. The summed E-state index contributed by atoms with van der Waals surface area (Å²) in [7, 11) is 1.44. The normalized spacial score (nSPS) is 10.7. The molecule has 2 N–H and O–H groups in total. The number of hydrogen-bond donors (Lipinski definition) is 2. The Labute approximate surface area is 137 Å². The minimum atomic E-state index is -0.839. The van der Waals surface area contributed by atoms with E-state index in [0.717, 1.165) is 18.3 Å². The summed E-state index contributed by atoms with van der Waals surface area (Å²) in [6.45, 7) is 0. The van der Waals surface area contributed by atoms with Crippen LogP contribution < -0.4 is 15.4 Å². The smallest absolute Gasteiger partial charge is 0.267 e. The van der Waals surface area contributed by atoms with Gasteiger partial charge in [0.05, 0.1) is 12.8 Å². The molecule has 0 saturated carbocycles. The second-order valence-electron chi connectivity index (χ2n) is 4.57. The molecule has 122 valence electrons. The fourth-order valence-electron chi connectivity index (χ4n) is 1.87. The van der Waals surface area contributed by atoms with Crippen molar-refractivity contribution in [3.05, 3.63) is 65.9 Å². The topological polar surface area (TPSA) is 74.1 Å². The molecule has 7 heteroatoms. The number of para-hydroxylation sites is 3. The van der Waals surface area contributed by atoms with Crippen molar-refractivity contribution in [2.45, 2.75) is 0 Å². The second kappa shape index (κ2) is 7.74. The van der Waals surface area contributed by atoms with E-state index < -0.39 is 23.2 Å². The third-order valence-electron chi connectivity index (χ3n) is 3.04. The molecule has 2 aromatic rings. The standard InChI is InChI=1S/C17H13F2N3O2/c1-24-15-8-3-2-7-14(15)22-17(23)11(9-20)10-21-16-12(18)5-4-6-13(16)19/h2-8,10,21H,1H3,(H,22,23)/b11-10-. The van der Waals surface area contributed by atoms with Crippen molar-refractivity contribution in [1.82, 2.24) is 0 Å². The van der Waals surface area contributed by atoms with Gasteiger partial charge in [0.1, 0.15) is 34.7 Å². The zero-order valence-corrected chi connectivity index (χ0v) is 12.6. The highest BCUT2D eigenvalue weighted by atomic mass is 19.1. The zero-order valence-electron chi connectivity index (χ0n) is 12.6. The van der Waals surface area contributed by atoms with Crippen LogP contribution in [0, 0.1) is 23.0 Å². The predicted octanol–water partition coefficient (Wildman–Crippen LogP) is 3.43. The number of halogens is 2. The molecule has 24 heavy (non-hydrogen) atoms. The van der Waals surface area contributed by atoms with Crippen molar-refractivity contribution in [1.29, 1.82) is 5.26 Å². The lowest BCUT2D eigenvalue weighted by Gasteiger charge is -2.09. The molecule has 0 unspecified atom stereocenters.